The van der Waals surface area contributed by atoms with Crippen LogP contribution in [-0.2, 0) is 0 Å². The number of thiophene rings is 2. The van der Waals surface area contributed by atoms with E-state index in [1.807, 2.05) is 22.7 Å². The van der Waals surface area contributed by atoms with E-state index in [4.69, 9.17) is 0 Å². The lowest BCUT2D eigenvalue weighted by molar-refractivity contribution is 1.65. The molecule has 0 saturated heterocycles. The molecular formula is C48H28S2. The molecule has 11 aromatic rings. The van der Waals surface area contributed by atoms with Gasteiger partial charge in [0, 0.05) is 45.9 Å². The van der Waals surface area contributed by atoms with Crippen molar-refractivity contribution in [1.82, 2.24) is 0 Å². The molecule has 0 spiro atoms. The monoisotopic (exact) mass is 668 g/mol. The Morgan fingerprint density at radius 1 is 0.300 bits per heavy atom. The Labute approximate surface area is 297 Å². The van der Waals surface area contributed by atoms with E-state index in [1.165, 1.54) is 106 Å². The molecule has 232 valence electrons. The molecule has 0 unspecified atom stereocenters. The molecule has 2 heterocycles. The molecule has 9 aromatic carbocycles. The Kier molecular flexibility index (Phi) is 6.09. The summed E-state index contributed by atoms with van der Waals surface area (Å²) >= 11 is 3.85. The van der Waals surface area contributed by atoms with E-state index in [9.17, 15) is 0 Å². The average molecular weight is 669 g/mol. The third kappa shape index (κ3) is 4.04. The van der Waals surface area contributed by atoms with Crippen LogP contribution in [0.15, 0.2) is 170 Å². The largest absolute Gasteiger partial charge is 0.134 e. The molecule has 0 atom stereocenters. The van der Waals surface area contributed by atoms with Gasteiger partial charge in [-0.25, -0.2) is 0 Å². The van der Waals surface area contributed by atoms with Crippen LogP contribution in [0.25, 0.3) is 106 Å². The van der Waals surface area contributed by atoms with E-state index in [0.29, 0.717) is 0 Å². The molecule has 0 amide bonds. The first-order valence-corrected chi connectivity index (χ1v) is 18.7. The first-order valence-electron chi connectivity index (χ1n) is 17.1. The number of rotatable bonds is 3. The van der Waals surface area contributed by atoms with E-state index in [2.05, 4.69) is 170 Å². The first-order chi connectivity index (χ1) is 24.8. The van der Waals surface area contributed by atoms with Crippen LogP contribution < -0.4 is 0 Å². The third-order valence-corrected chi connectivity index (χ3v) is 12.9. The maximum absolute atomic E-state index is 2.46. The second kappa shape index (κ2) is 10.9. The minimum atomic E-state index is 1.24. The van der Waals surface area contributed by atoms with Gasteiger partial charge in [0.1, 0.15) is 0 Å². The predicted molar refractivity (Wildman–Crippen MR) is 221 cm³/mol. The molecule has 0 fully saturated rings. The van der Waals surface area contributed by atoms with E-state index >= 15 is 0 Å². The summed E-state index contributed by atoms with van der Waals surface area (Å²) < 4.78 is 5.43. The molecule has 0 N–H and O–H groups in total. The highest BCUT2D eigenvalue weighted by Crippen LogP contribution is 2.50. The second-order valence-electron chi connectivity index (χ2n) is 13.2. The Morgan fingerprint density at radius 2 is 0.820 bits per heavy atom. The fraction of sp³-hybridized carbons (Fsp3) is 0. The Hall–Kier alpha value is -5.80. The maximum Gasteiger partial charge on any atom is 0.0449 e. The fourth-order valence-electron chi connectivity index (χ4n) is 8.29. The molecule has 0 aliphatic heterocycles. The van der Waals surface area contributed by atoms with Gasteiger partial charge in [-0.3, -0.25) is 0 Å². The zero-order chi connectivity index (χ0) is 32.8. The Balaban J connectivity index is 1.22. The van der Waals surface area contributed by atoms with Gasteiger partial charge in [-0.2, -0.15) is 0 Å². The van der Waals surface area contributed by atoms with E-state index < -0.39 is 0 Å². The van der Waals surface area contributed by atoms with E-state index in [1.54, 1.807) is 0 Å². The van der Waals surface area contributed by atoms with Crippen molar-refractivity contribution >= 4 is 95.3 Å². The second-order valence-corrected chi connectivity index (χ2v) is 15.3. The zero-order valence-corrected chi connectivity index (χ0v) is 28.6. The lowest BCUT2D eigenvalue weighted by atomic mass is 9.84. The quantitative estimate of drug-likeness (QED) is 0.164. The van der Waals surface area contributed by atoms with E-state index in [-0.39, 0.29) is 0 Å². The molecule has 0 nitrogen and oxygen atoms in total. The van der Waals surface area contributed by atoms with Gasteiger partial charge in [0.05, 0.1) is 0 Å². The lowest BCUT2D eigenvalue weighted by Gasteiger charge is -2.19. The highest BCUT2D eigenvalue weighted by atomic mass is 32.1. The summed E-state index contributed by atoms with van der Waals surface area (Å²) in [7, 11) is 0. The SMILES string of the molecule is c1cc(-c2c3ccccc3c(-c3cccc4ccccc34)c3ccccc23)cc(-c2cc3c4ccccc4sc3c3c2sc2ccccc23)c1. The summed E-state index contributed by atoms with van der Waals surface area (Å²) in [6.45, 7) is 0. The topological polar surface area (TPSA) is 0 Å². The zero-order valence-electron chi connectivity index (χ0n) is 27.0. The number of fused-ring (bicyclic) bond motifs is 10. The van der Waals surface area contributed by atoms with Gasteiger partial charge in [0.15, 0.2) is 0 Å². The van der Waals surface area contributed by atoms with Gasteiger partial charge in [-0.15, -0.1) is 22.7 Å². The van der Waals surface area contributed by atoms with Crippen molar-refractivity contribution in [1.29, 1.82) is 0 Å². The normalized spacial score (nSPS) is 12.0. The smallest absolute Gasteiger partial charge is 0.0449 e. The molecular weight excluding hydrogens is 641 g/mol. The molecule has 0 bridgehead atoms. The molecule has 0 saturated carbocycles. The standard InChI is InChI=1S/C48H28S2/c1-2-17-32-29(13-1)14-12-24-34(32)45-37-21-5-3-19-35(37)44(36-20-4-6-22-38(36)45)31-16-11-15-30(27-31)40-28-41-33-18-7-9-25-42(33)49-48(41)46-39-23-8-10-26-43(39)50-47(40)46/h1-28H. The first kappa shape index (κ1) is 28.1. The van der Waals surface area contributed by atoms with Crippen LogP contribution >= 0.6 is 22.7 Å². The van der Waals surface area contributed by atoms with Crippen molar-refractivity contribution in [3.63, 3.8) is 0 Å². The van der Waals surface area contributed by atoms with Crippen molar-refractivity contribution < 1.29 is 0 Å². The molecule has 0 radical (unpaired) electrons. The van der Waals surface area contributed by atoms with Crippen LogP contribution in [0.4, 0.5) is 0 Å². The molecule has 0 aliphatic rings. The van der Waals surface area contributed by atoms with Gasteiger partial charge in [0.2, 0.25) is 0 Å². The van der Waals surface area contributed by atoms with Gasteiger partial charge in [-0.05, 0) is 84.4 Å². The van der Waals surface area contributed by atoms with Crippen LogP contribution in [0.5, 0.6) is 0 Å². The third-order valence-electron chi connectivity index (χ3n) is 10.4. The van der Waals surface area contributed by atoms with Crippen LogP contribution in [0.1, 0.15) is 0 Å². The lowest BCUT2D eigenvalue weighted by Crippen LogP contribution is -1.92. The minimum Gasteiger partial charge on any atom is -0.134 e. The fourth-order valence-corrected chi connectivity index (χ4v) is 10.9. The molecule has 50 heavy (non-hydrogen) atoms. The van der Waals surface area contributed by atoms with Gasteiger partial charge >= 0.3 is 0 Å². The van der Waals surface area contributed by atoms with Crippen molar-refractivity contribution in [3.05, 3.63) is 170 Å². The highest BCUT2D eigenvalue weighted by Gasteiger charge is 2.20. The molecule has 2 aromatic heterocycles. The molecule has 11 rings (SSSR count). The van der Waals surface area contributed by atoms with Crippen LogP contribution in [0, 0.1) is 0 Å². The summed E-state index contributed by atoms with van der Waals surface area (Å²) in [4.78, 5) is 0. The van der Waals surface area contributed by atoms with Crippen LogP contribution in [0.3, 0.4) is 0 Å². The number of hydrogen-bond donors (Lipinski definition) is 0. The Bertz CT molecular complexity index is 3090. The number of hydrogen-bond acceptors (Lipinski definition) is 2. The van der Waals surface area contributed by atoms with Gasteiger partial charge < -0.3 is 0 Å². The van der Waals surface area contributed by atoms with Gasteiger partial charge in [-0.1, -0.05) is 146 Å². The van der Waals surface area contributed by atoms with Crippen molar-refractivity contribution in [2.75, 3.05) is 0 Å². The summed E-state index contributed by atoms with van der Waals surface area (Å²) in [6.07, 6.45) is 0. The van der Waals surface area contributed by atoms with Crippen molar-refractivity contribution in [3.8, 4) is 33.4 Å². The predicted octanol–water partition coefficient (Wildman–Crippen LogP) is 14.9. The molecule has 0 aliphatic carbocycles. The van der Waals surface area contributed by atoms with E-state index in [0.717, 1.165) is 0 Å². The minimum absolute atomic E-state index is 1.24. The highest BCUT2D eigenvalue weighted by molar-refractivity contribution is 7.30. The summed E-state index contributed by atoms with van der Waals surface area (Å²) in [5.41, 5.74) is 7.66. The van der Waals surface area contributed by atoms with Crippen LogP contribution in [0.2, 0.25) is 0 Å². The summed E-state index contributed by atoms with van der Waals surface area (Å²) in [5, 5.41) is 13.1. The molecule has 2 heteroatoms. The number of benzene rings is 9. The summed E-state index contributed by atoms with van der Waals surface area (Å²) in [6, 6.07) is 63.0. The van der Waals surface area contributed by atoms with Gasteiger partial charge in [0.25, 0.3) is 0 Å². The summed E-state index contributed by atoms with van der Waals surface area (Å²) in [5.74, 6) is 0. The average Bonchev–Trinajstić information content (AvgIpc) is 3.75. The van der Waals surface area contributed by atoms with Crippen molar-refractivity contribution in [2.45, 2.75) is 0 Å². The maximum atomic E-state index is 2.46. The van der Waals surface area contributed by atoms with Crippen molar-refractivity contribution in [2.24, 2.45) is 0 Å². The van der Waals surface area contributed by atoms with Crippen LogP contribution in [-0.4, -0.2) is 0 Å². The Morgan fingerprint density at radius 3 is 1.56 bits per heavy atom.